The van der Waals surface area contributed by atoms with Gasteiger partial charge in [0, 0.05) is 30.3 Å². The van der Waals surface area contributed by atoms with Crippen molar-refractivity contribution in [2.75, 3.05) is 12.8 Å². The third kappa shape index (κ3) is 4.43. The van der Waals surface area contributed by atoms with Crippen LogP contribution in [0.25, 0.3) is 0 Å². The Morgan fingerprint density at radius 1 is 1.19 bits per heavy atom. The van der Waals surface area contributed by atoms with Crippen LogP contribution in [0.15, 0.2) is 58.7 Å². The van der Waals surface area contributed by atoms with E-state index in [1.807, 2.05) is 30.6 Å². The van der Waals surface area contributed by atoms with Crippen molar-refractivity contribution in [3.63, 3.8) is 0 Å². The van der Waals surface area contributed by atoms with Crippen molar-refractivity contribution in [3.05, 3.63) is 76.5 Å². The minimum atomic E-state index is -0.422. The summed E-state index contributed by atoms with van der Waals surface area (Å²) in [7, 11) is -0.189. The third-order valence-corrected chi connectivity index (χ3v) is 6.00. The van der Waals surface area contributed by atoms with Gasteiger partial charge in [0.15, 0.2) is 0 Å². The van der Waals surface area contributed by atoms with Crippen molar-refractivity contribution in [3.8, 4) is 0 Å². The van der Waals surface area contributed by atoms with Gasteiger partial charge in [-0.1, -0.05) is 6.92 Å². The van der Waals surface area contributed by atoms with Crippen LogP contribution in [0.3, 0.4) is 0 Å². The molecule has 2 atom stereocenters. The Balaban J connectivity index is 1.77. The average Bonchev–Trinajstić information content (AvgIpc) is 2.65. The predicted molar refractivity (Wildman–Crippen MR) is 106 cm³/mol. The molecule has 6 heteroatoms. The van der Waals surface area contributed by atoms with E-state index in [1.165, 1.54) is 17.7 Å². The molecule has 1 aromatic heterocycles. The van der Waals surface area contributed by atoms with Crippen molar-refractivity contribution in [2.45, 2.75) is 19.3 Å². The average molecular weight is 373 g/mol. The van der Waals surface area contributed by atoms with Gasteiger partial charge < -0.3 is 5.32 Å². The number of nitrogens with one attached hydrogen (secondary N) is 1. The fourth-order valence-corrected chi connectivity index (χ4v) is 4.25. The molecular weight excluding hydrogens is 352 g/mol. The Kier molecular flexibility index (Phi) is 5.93. The van der Waals surface area contributed by atoms with Gasteiger partial charge in [-0.3, -0.25) is 9.98 Å². The molecule has 2 unspecified atom stereocenters. The molecule has 1 aromatic carbocycles. The van der Waals surface area contributed by atoms with Gasteiger partial charge in [-0.2, -0.15) is 0 Å². The molecule has 0 fully saturated rings. The van der Waals surface area contributed by atoms with Crippen molar-refractivity contribution in [2.24, 2.45) is 4.99 Å². The zero-order chi connectivity index (χ0) is 18.5. The van der Waals surface area contributed by atoms with E-state index in [9.17, 15) is 8.78 Å². The summed E-state index contributed by atoms with van der Waals surface area (Å²) in [6.45, 7) is 2.55. The van der Waals surface area contributed by atoms with E-state index in [2.05, 4.69) is 21.5 Å². The Hall–Kier alpha value is -2.34. The fraction of sp³-hybridized carbons (Fsp3) is 0.250. The molecule has 3 nitrogen and oxygen atoms in total. The number of benzene rings is 1. The molecule has 1 N–H and O–H groups in total. The first-order valence-electron chi connectivity index (χ1n) is 8.39. The first-order chi connectivity index (χ1) is 12.5. The summed E-state index contributed by atoms with van der Waals surface area (Å²) >= 11 is 0. The smallest absolute Gasteiger partial charge is 0.127 e. The molecule has 0 spiro atoms. The topological polar surface area (TPSA) is 37.3 Å². The monoisotopic (exact) mass is 373 g/mol. The summed E-state index contributed by atoms with van der Waals surface area (Å²) in [5, 5.41) is 3.20. The maximum Gasteiger partial charge on any atom is 0.127 e. The zero-order valence-corrected chi connectivity index (χ0v) is 15.6. The Morgan fingerprint density at radius 3 is 2.73 bits per heavy atom. The highest BCUT2D eigenvalue weighted by atomic mass is 32.2. The summed E-state index contributed by atoms with van der Waals surface area (Å²) in [5.41, 5.74) is 3.52. The standard InChI is InChI=1S/C20H21F2N3S/c1-14(17-11-16(21)3-4-18(17)22)19-12-20(25-13-26(19)2)24-10-7-15-5-8-23-9-6-15/h3-6,8-9,11-14H,7,10H2,1-2H3,(H,24,25). The summed E-state index contributed by atoms with van der Waals surface area (Å²) in [4.78, 5) is 9.64. The van der Waals surface area contributed by atoms with Crippen molar-refractivity contribution in [1.82, 2.24) is 10.3 Å². The molecule has 26 heavy (non-hydrogen) atoms. The molecule has 0 saturated heterocycles. The molecule has 2 aromatic rings. The fourth-order valence-electron chi connectivity index (χ4n) is 2.84. The Bertz CT molecular complexity index is 876. The Morgan fingerprint density at radius 2 is 1.96 bits per heavy atom. The summed E-state index contributed by atoms with van der Waals surface area (Å²) in [6, 6.07) is 7.55. The van der Waals surface area contributed by atoms with Crippen LogP contribution < -0.4 is 5.32 Å². The highest BCUT2D eigenvalue weighted by molar-refractivity contribution is 8.17. The summed E-state index contributed by atoms with van der Waals surface area (Å²) in [5.74, 6) is -0.272. The van der Waals surface area contributed by atoms with E-state index in [4.69, 9.17) is 0 Å². The van der Waals surface area contributed by atoms with Crippen LogP contribution in [0.5, 0.6) is 0 Å². The minimum absolute atomic E-state index is 0.189. The number of hydrogen-bond acceptors (Lipinski definition) is 2. The lowest BCUT2D eigenvalue weighted by molar-refractivity contribution is 0.580. The molecule has 0 radical (unpaired) electrons. The van der Waals surface area contributed by atoms with Gasteiger partial charge in [0.25, 0.3) is 0 Å². The number of amidine groups is 1. The lowest BCUT2D eigenvalue weighted by atomic mass is 9.99. The van der Waals surface area contributed by atoms with E-state index in [1.54, 1.807) is 12.4 Å². The van der Waals surface area contributed by atoms with E-state index < -0.39 is 5.82 Å². The first-order valence-corrected chi connectivity index (χ1v) is 10.1. The zero-order valence-electron chi connectivity index (χ0n) is 14.7. The largest absolute Gasteiger partial charge is 0.342 e. The van der Waals surface area contributed by atoms with E-state index in [-0.39, 0.29) is 22.2 Å². The second kappa shape index (κ2) is 8.36. The number of aliphatic imine (C=N–C) groups is 1. The number of aromatic nitrogens is 1. The van der Waals surface area contributed by atoms with Crippen LogP contribution in [0, 0.1) is 11.6 Å². The maximum atomic E-state index is 14.1. The van der Waals surface area contributed by atoms with Gasteiger partial charge in [-0.15, -0.1) is 10.5 Å². The molecule has 0 amide bonds. The van der Waals surface area contributed by atoms with Gasteiger partial charge in [0.2, 0.25) is 0 Å². The van der Waals surface area contributed by atoms with E-state index in [0.29, 0.717) is 12.1 Å². The normalized spacial score (nSPS) is 19.5. The van der Waals surface area contributed by atoms with Crippen LogP contribution >= 0.6 is 10.5 Å². The molecule has 3 rings (SSSR count). The van der Waals surface area contributed by atoms with Crippen LogP contribution in [0.1, 0.15) is 24.0 Å². The Labute approximate surface area is 154 Å². The SMILES string of the molecule is CC(C1=CC(=NCCc2ccncc2)NC=S1C)c1cc(F)ccc1F. The number of hydrogen-bond donors (Lipinski definition) is 1. The third-order valence-electron chi connectivity index (χ3n) is 4.32. The molecule has 0 bridgehead atoms. The van der Waals surface area contributed by atoms with Crippen LogP contribution in [0.2, 0.25) is 0 Å². The minimum Gasteiger partial charge on any atom is -0.342 e. The molecule has 0 saturated carbocycles. The molecule has 1 aliphatic heterocycles. The van der Waals surface area contributed by atoms with Crippen molar-refractivity contribution >= 4 is 21.8 Å². The van der Waals surface area contributed by atoms with Crippen LogP contribution in [-0.4, -0.2) is 29.1 Å². The highest BCUT2D eigenvalue weighted by Crippen LogP contribution is 2.37. The molecule has 0 aliphatic carbocycles. The van der Waals surface area contributed by atoms with Crippen LogP contribution in [-0.2, 0) is 6.42 Å². The van der Waals surface area contributed by atoms with Crippen molar-refractivity contribution < 1.29 is 8.78 Å². The van der Waals surface area contributed by atoms with Crippen molar-refractivity contribution in [1.29, 1.82) is 0 Å². The summed E-state index contributed by atoms with van der Waals surface area (Å²) < 4.78 is 27.7. The second-order valence-corrected chi connectivity index (χ2v) is 7.95. The van der Waals surface area contributed by atoms with E-state index in [0.717, 1.165) is 23.2 Å². The number of nitrogens with zero attached hydrogens (tertiary/aromatic N) is 2. The molecular formula is C20H21F2N3S. The van der Waals surface area contributed by atoms with Gasteiger partial charge in [0.05, 0.1) is 0 Å². The quantitative estimate of drug-likeness (QED) is 0.796. The molecule has 1 aliphatic rings. The molecule has 2 heterocycles. The maximum absolute atomic E-state index is 14.1. The summed E-state index contributed by atoms with van der Waals surface area (Å²) in [6.07, 6.45) is 8.38. The van der Waals surface area contributed by atoms with Gasteiger partial charge in [-0.05, 0) is 65.1 Å². The van der Waals surface area contributed by atoms with E-state index >= 15 is 0 Å². The number of halogens is 2. The predicted octanol–water partition coefficient (Wildman–Crippen LogP) is 4.25. The highest BCUT2D eigenvalue weighted by Gasteiger charge is 2.20. The molecule has 136 valence electrons. The van der Waals surface area contributed by atoms with Gasteiger partial charge >= 0.3 is 0 Å². The second-order valence-electron chi connectivity index (χ2n) is 6.13. The van der Waals surface area contributed by atoms with Crippen LogP contribution in [0.4, 0.5) is 8.78 Å². The van der Waals surface area contributed by atoms with Gasteiger partial charge in [-0.25, -0.2) is 8.78 Å². The lowest BCUT2D eigenvalue weighted by Crippen LogP contribution is -2.25. The van der Waals surface area contributed by atoms with Gasteiger partial charge in [0.1, 0.15) is 17.5 Å². The lowest BCUT2D eigenvalue weighted by Gasteiger charge is -2.22. The number of rotatable bonds is 5. The number of pyridine rings is 1. The first kappa shape index (κ1) is 18.5. The number of allylic oxidation sites excluding steroid dienone is 1.